The van der Waals surface area contributed by atoms with Crippen molar-refractivity contribution in [1.82, 2.24) is 35.7 Å². The van der Waals surface area contributed by atoms with E-state index in [2.05, 4.69) is 138 Å². The summed E-state index contributed by atoms with van der Waals surface area (Å²) in [7, 11) is 0. The van der Waals surface area contributed by atoms with Crippen LogP contribution in [-0.2, 0) is 0 Å². The Hall–Kier alpha value is -4.35. The van der Waals surface area contributed by atoms with Crippen LogP contribution in [0.5, 0.6) is 0 Å². The Morgan fingerprint density at radius 3 is 2.57 bits per heavy atom. The fraction of sp³-hybridized carbons (Fsp3) is 0.324. The molecule has 2 fully saturated rings. The number of hydrazine groups is 3. The third kappa shape index (κ3) is 5.25. The van der Waals surface area contributed by atoms with Crippen molar-refractivity contribution in [2.75, 3.05) is 36.7 Å². The van der Waals surface area contributed by atoms with Gasteiger partial charge in [-0.1, -0.05) is 66.7 Å². The Kier molecular flexibility index (Phi) is 7.58. The molecule has 0 amide bonds. The SMILES string of the molecule is c1ccc2c(c1)NN(C(c1ccc3ccccc3c1)[C@H]1CCCNC1)N2N1CCC[C@H](C(c2csc3ccccc23)n2ncnn2)C1. The number of hydrogen-bond donors (Lipinski definition) is 2. The van der Waals surface area contributed by atoms with E-state index in [0.717, 1.165) is 44.7 Å². The van der Waals surface area contributed by atoms with Gasteiger partial charge in [0.25, 0.3) is 0 Å². The van der Waals surface area contributed by atoms with Gasteiger partial charge in [-0.25, -0.2) is 10.1 Å². The quantitative estimate of drug-likeness (QED) is 0.192. The maximum atomic E-state index is 4.62. The standard InChI is InChI=1S/C37H39N9S/c1-2-10-27-21-28(18-17-26(27)9-1)36(29-11-7-19-38-22-29)45-41-33-14-4-5-15-34(33)46(45)43-20-8-12-30(23-43)37(44-40-25-39-42-44)32-24-47-35-16-6-3-13-31(32)35/h1-6,9-10,13-18,21,24-25,29-30,36-38,41H,7-8,11-12,19-20,22-23H2/t29-,30-,36?,37?/m0/s1. The number of rotatable bonds is 7. The number of anilines is 2. The molecule has 5 heterocycles. The monoisotopic (exact) mass is 641 g/mol. The average molecular weight is 642 g/mol. The first kappa shape index (κ1) is 28.8. The molecule has 0 aliphatic carbocycles. The maximum Gasteiger partial charge on any atom is 0.162 e. The van der Waals surface area contributed by atoms with E-state index in [1.807, 2.05) is 4.80 Å². The highest BCUT2D eigenvalue weighted by Crippen LogP contribution is 2.45. The molecule has 0 saturated carbocycles. The van der Waals surface area contributed by atoms with Gasteiger partial charge < -0.3 is 5.32 Å². The van der Waals surface area contributed by atoms with Gasteiger partial charge in [0.1, 0.15) is 6.04 Å². The Morgan fingerprint density at radius 2 is 1.68 bits per heavy atom. The first-order valence-corrected chi connectivity index (χ1v) is 17.8. The number of nitrogens with one attached hydrogen (secondary N) is 2. The van der Waals surface area contributed by atoms with Crippen LogP contribution in [0.25, 0.3) is 20.9 Å². The van der Waals surface area contributed by atoms with Gasteiger partial charge in [0.15, 0.2) is 6.33 Å². The Labute approximate surface area is 278 Å². The van der Waals surface area contributed by atoms with E-state index >= 15 is 0 Å². The van der Waals surface area contributed by atoms with Gasteiger partial charge in [-0.15, -0.1) is 26.7 Å². The summed E-state index contributed by atoms with van der Waals surface area (Å²) in [6.45, 7) is 3.92. The van der Waals surface area contributed by atoms with Crippen molar-refractivity contribution >= 4 is 43.6 Å². The average Bonchev–Trinajstić information content (AvgIpc) is 3.89. The van der Waals surface area contributed by atoms with E-state index in [1.54, 1.807) is 17.7 Å². The zero-order valence-electron chi connectivity index (χ0n) is 26.3. The number of thiophene rings is 1. The molecule has 2 N–H and O–H groups in total. The number of aromatic nitrogens is 4. The number of para-hydroxylation sites is 2. The number of piperidine rings is 2. The lowest BCUT2D eigenvalue weighted by atomic mass is 9.86. The van der Waals surface area contributed by atoms with Crippen LogP contribution >= 0.6 is 11.3 Å². The predicted octanol–water partition coefficient (Wildman–Crippen LogP) is 7.06. The first-order chi connectivity index (χ1) is 23.3. The van der Waals surface area contributed by atoms with Crippen LogP contribution in [0, 0.1) is 11.8 Å². The summed E-state index contributed by atoms with van der Waals surface area (Å²) >= 11 is 1.80. The molecule has 2 aromatic heterocycles. The number of hydrogen-bond acceptors (Lipinski definition) is 9. The summed E-state index contributed by atoms with van der Waals surface area (Å²) in [6, 6.07) is 33.3. The molecule has 47 heavy (non-hydrogen) atoms. The van der Waals surface area contributed by atoms with Crippen molar-refractivity contribution in [3.63, 3.8) is 0 Å². The Bertz CT molecular complexity index is 1980. The zero-order valence-corrected chi connectivity index (χ0v) is 27.1. The first-order valence-electron chi connectivity index (χ1n) is 16.9. The molecular formula is C37H39N9S. The van der Waals surface area contributed by atoms with E-state index in [0.29, 0.717) is 11.8 Å². The van der Waals surface area contributed by atoms with Gasteiger partial charge >= 0.3 is 0 Å². The van der Waals surface area contributed by atoms with E-state index < -0.39 is 0 Å². The molecule has 9 nitrogen and oxygen atoms in total. The molecule has 4 atom stereocenters. The lowest BCUT2D eigenvalue weighted by molar-refractivity contribution is 0.0269. The smallest absolute Gasteiger partial charge is 0.162 e. The Balaban J connectivity index is 1.11. The van der Waals surface area contributed by atoms with E-state index in [-0.39, 0.29) is 12.1 Å². The molecular weight excluding hydrogens is 603 g/mol. The van der Waals surface area contributed by atoms with Crippen molar-refractivity contribution in [2.24, 2.45) is 11.8 Å². The number of tetrazole rings is 1. The number of fused-ring (bicyclic) bond motifs is 3. The maximum absolute atomic E-state index is 4.62. The third-order valence-corrected chi connectivity index (χ3v) is 11.3. The van der Waals surface area contributed by atoms with Crippen molar-refractivity contribution in [3.05, 3.63) is 114 Å². The van der Waals surface area contributed by atoms with Crippen molar-refractivity contribution in [1.29, 1.82) is 0 Å². The van der Waals surface area contributed by atoms with Crippen molar-refractivity contribution in [3.8, 4) is 0 Å². The zero-order chi connectivity index (χ0) is 31.2. The second-order valence-corrected chi connectivity index (χ2v) is 14.0. The van der Waals surface area contributed by atoms with E-state index in [9.17, 15) is 0 Å². The molecule has 2 unspecified atom stereocenters. The molecule has 4 aromatic carbocycles. The lowest BCUT2D eigenvalue weighted by Gasteiger charge is -2.48. The second kappa shape index (κ2) is 12.4. The number of nitrogens with zero attached hydrogens (tertiary/aromatic N) is 7. The van der Waals surface area contributed by atoms with Gasteiger partial charge in [0.2, 0.25) is 0 Å². The van der Waals surface area contributed by atoms with Crippen LogP contribution in [0.1, 0.15) is 48.9 Å². The molecule has 3 aliphatic rings. The summed E-state index contributed by atoms with van der Waals surface area (Å²) in [6.07, 6.45) is 6.10. The van der Waals surface area contributed by atoms with Crippen molar-refractivity contribution in [2.45, 2.75) is 37.8 Å². The minimum Gasteiger partial charge on any atom is -0.316 e. The van der Waals surface area contributed by atoms with Gasteiger partial charge in [-0.05, 0) is 107 Å². The third-order valence-electron chi connectivity index (χ3n) is 10.3. The molecule has 0 bridgehead atoms. The minimum atomic E-state index is -0.00506. The van der Waals surface area contributed by atoms with E-state index in [4.69, 9.17) is 0 Å². The molecule has 238 valence electrons. The molecule has 6 aromatic rings. The summed E-state index contributed by atoms with van der Waals surface area (Å²) in [5.41, 5.74) is 8.86. The molecule has 2 saturated heterocycles. The predicted molar refractivity (Wildman–Crippen MR) is 189 cm³/mol. The van der Waals surface area contributed by atoms with Crippen LogP contribution in [0.4, 0.5) is 11.4 Å². The van der Waals surface area contributed by atoms with Crippen LogP contribution in [0.2, 0.25) is 0 Å². The highest BCUT2D eigenvalue weighted by Gasteiger charge is 2.43. The summed E-state index contributed by atoms with van der Waals surface area (Å²) in [5, 5.41) is 30.6. The lowest BCUT2D eigenvalue weighted by Crippen LogP contribution is -2.58. The van der Waals surface area contributed by atoms with Crippen molar-refractivity contribution < 1.29 is 0 Å². The molecule has 3 aliphatic heterocycles. The van der Waals surface area contributed by atoms with Crippen LogP contribution < -0.4 is 15.9 Å². The van der Waals surface area contributed by atoms with Gasteiger partial charge in [-0.3, -0.25) is 5.43 Å². The highest BCUT2D eigenvalue weighted by molar-refractivity contribution is 7.17. The van der Waals surface area contributed by atoms with Crippen LogP contribution in [0.3, 0.4) is 0 Å². The summed E-state index contributed by atoms with van der Waals surface area (Å²) < 4.78 is 1.29. The Morgan fingerprint density at radius 1 is 0.830 bits per heavy atom. The molecule has 9 rings (SSSR count). The molecule has 0 radical (unpaired) electrons. The van der Waals surface area contributed by atoms with Crippen LogP contribution in [0.15, 0.2) is 103 Å². The van der Waals surface area contributed by atoms with E-state index in [1.165, 1.54) is 50.5 Å². The fourth-order valence-electron chi connectivity index (χ4n) is 8.17. The molecule has 10 heteroatoms. The normalized spacial score (nSPS) is 21.9. The highest BCUT2D eigenvalue weighted by atomic mass is 32.1. The summed E-state index contributed by atoms with van der Waals surface area (Å²) in [4.78, 5) is 1.85. The van der Waals surface area contributed by atoms with Crippen LogP contribution in [-0.4, -0.2) is 56.5 Å². The summed E-state index contributed by atoms with van der Waals surface area (Å²) in [5.74, 6) is 0.736. The number of benzene rings is 4. The second-order valence-electron chi connectivity index (χ2n) is 13.1. The van der Waals surface area contributed by atoms with Gasteiger partial charge in [-0.2, -0.15) is 4.80 Å². The fourth-order valence-corrected chi connectivity index (χ4v) is 9.16. The largest absolute Gasteiger partial charge is 0.316 e. The van der Waals surface area contributed by atoms with Gasteiger partial charge in [0, 0.05) is 23.7 Å². The van der Waals surface area contributed by atoms with Gasteiger partial charge in [0.05, 0.1) is 17.4 Å². The minimum absolute atomic E-state index is 0.00506. The molecule has 0 spiro atoms. The topological polar surface area (TPSA) is 77.4 Å².